The highest BCUT2D eigenvalue weighted by molar-refractivity contribution is 5.97. The van der Waals surface area contributed by atoms with Gasteiger partial charge in [-0.2, -0.15) is 0 Å². The number of guanidine groups is 1. The molecular formula is C34H47N5O2. The SMILES string of the molecule is COc1ccc2c(c1)CCN(C(=O)c1ccc(NC(=N[C@H]3C[C@@H]4C[C@@H]([C@H]3C)C4(C)C)N3CCN[C@@H](C)C3)cc1)CC2. The molecule has 0 aromatic heterocycles. The Bertz CT molecular complexity index is 1290. The molecule has 4 fully saturated rings. The van der Waals surface area contributed by atoms with Crippen LogP contribution in [0.1, 0.15) is 62.0 Å². The van der Waals surface area contributed by atoms with Crippen molar-refractivity contribution in [2.24, 2.45) is 28.2 Å². The van der Waals surface area contributed by atoms with E-state index in [-0.39, 0.29) is 5.91 Å². The number of nitrogens with one attached hydrogen (secondary N) is 2. The third-order valence-corrected chi connectivity index (χ3v) is 10.7. The lowest BCUT2D eigenvalue weighted by molar-refractivity contribution is -0.108. The molecule has 7 nitrogen and oxygen atoms in total. The Morgan fingerprint density at radius 2 is 1.76 bits per heavy atom. The van der Waals surface area contributed by atoms with Gasteiger partial charge < -0.3 is 25.2 Å². The van der Waals surface area contributed by atoms with Crippen molar-refractivity contribution < 1.29 is 9.53 Å². The van der Waals surface area contributed by atoms with Crippen LogP contribution in [-0.2, 0) is 12.8 Å². The third-order valence-electron chi connectivity index (χ3n) is 10.7. The van der Waals surface area contributed by atoms with Crippen molar-refractivity contribution in [3.05, 3.63) is 59.2 Å². The Morgan fingerprint density at radius 3 is 2.44 bits per heavy atom. The highest BCUT2D eigenvalue weighted by Crippen LogP contribution is 2.61. The molecule has 2 aliphatic heterocycles. The maximum Gasteiger partial charge on any atom is 0.253 e. The Balaban J connectivity index is 1.15. The number of anilines is 1. The lowest BCUT2D eigenvalue weighted by Crippen LogP contribution is -2.57. The first-order chi connectivity index (χ1) is 19.7. The highest BCUT2D eigenvalue weighted by atomic mass is 16.5. The fourth-order valence-electron chi connectivity index (χ4n) is 7.81. The van der Waals surface area contributed by atoms with E-state index in [1.807, 2.05) is 35.2 Å². The second kappa shape index (κ2) is 11.3. The predicted molar refractivity (Wildman–Crippen MR) is 166 cm³/mol. The van der Waals surface area contributed by atoms with Crippen LogP contribution in [0.15, 0.2) is 47.5 Å². The summed E-state index contributed by atoms with van der Waals surface area (Å²) < 4.78 is 5.41. The molecular weight excluding hydrogens is 510 g/mol. The molecule has 7 heteroatoms. The molecule has 2 aromatic carbocycles. The number of ether oxygens (including phenoxy) is 1. The van der Waals surface area contributed by atoms with Gasteiger partial charge in [0, 0.05) is 50.0 Å². The number of nitrogens with zero attached hydrogens (tertiary/aromatic N) is 3. The molecule has 7 rings (SSSR count). The van der Waals surface area contributed by atoms with Gasteiger partial charge in [-0.1, -0.05) is 26.8 Å². The molecule has 0 spiro atoms. The number of rotatable bonds is 4. The number of carbonyl (C=O) groups is 1. The zero-order valence-electron chi connectivity index (χ0n) is 25.5. The molecule has 1 amide bonds. The zero-order chi connectivity index (χ0) is 28.7. The first-order valence-electron chi connectivity index (χ1n) is 15.6. The second-order valence-corrected chi connectivity index (χ2v) is 13.4. The smallest absolute Gasteiger partial charge is 0.253 e. The Kier molecular flexibility index (Phi) is 7.75. The highest BCUT2D eigenvalue weighted by Gasteiger charge is 2.56. The van der Waals surface area contributed by atoms with Crippen LogP contribution in [0.25, 0.3) is 0 Å². The van der Waals surface area contributed by atoms with Gasteiger partial charge in [-0.05, 0) is 103 Å². The first-order valence-corrected chi connectivity index (χ1v) is 15.6. The van der Waals surface area contributed by atoms with Gasteiger partial charge in [-0.3, -0.25) is 4.79 Å². The molecule has 3 saturated carbocycles. The van der Waals surface area contributed by atoms with Crippen LogP contribution < -0.4 is 15.4 Å². The number of carbonyl (C=O) groups excluding carboxylic acids is 1. The average molecular weight is 558 g/mol. The summed E-state index contributed by atoms with van der Waals surface area (Å²) in [6.45, 7) is 13.8. The van der Waals surface area contributed by atoms with Crippen molar-refractivity contribution in [1.82, 2.24) is 15.1 Å². The van der Waals surface area contributed by atoms with Crippen molar-refractivity contribution in [3.8, 4) is 5.75 Å². The van der Waals surface area contributed by atoms with Gasteiger partial charge in [0.25, 0.3) is 5.91 Å². The van der Waals surface area contributed by atoms with E-state index in [9.17, 15) is 4.79 Å². The quantitative estimate of drug-likeness (QED) is 0.406. The summed E-state index contributed by atoms with van der Waals surface area (Å²) in [6.07, 6.45) is 4.25. The molecule has 0 radical (unpaired) electrons. The number of hydrogen-bond donors (Lipinski definition) is 2. The van der Waals surface area contributed by atoms with Gasteiger partial charge in [0.2, 0.25) is 0 Å². The number of aliphatic imine (C=N–C) groups is 1. The second-order valence-electron chi connectivity index (χ2n) is 13.4. The lowest BCUT2D eigenvalue weighted by atomic mass is 9.45. The average Bonchev–Trinajstić information content (AvgIpc) is 3.19. The van der Waals surface area contributed by atoms with Crippen LogP contribution in [0.2, 0.25) is 0 Å². The number of benzene rings is 2. The minimum atomic E-state index is 0.0963. The number of fused-ring (bicyclic) bond motifs is 3. The van der Waals surface area contributed by atoms with E-state index in [1.54, 1.807) is 7.11 Å². The maximum atomic E-state index is 13.5. The summed E-state index contributed by atoms with van der Waals surface area (Å²) in [5.41, 5.74) is 4.75. The molecule has 220 valence electrons. The lowest BCUT2D eigenvalue weighted by Gasteiger charge is -2.61. The van der Waals surface area contributed by atoms with Crippen LogP contribution in [0.5, 0.6) is 5.75 Å². The van der Waals surface area contributed by atoms with Gasteiger partial charge in [0.1, 0.15) is 5.75 Å². The van der Waals surface area contributed by atoms with E-state index in [0.29, 0.717) is 23.4 Å². The molecule has 0 unspecified atom stereocenters. The number of amides is 1. The minimum absolute atomic E-state index is 0.0963. The van der Waals surface area contributed by atoms with Crippen molar-refractivity contribution in [3.63, 3.8) is 0 Å². The van der Waals surface area contributed by atoms with Gasteiger partial charge in [-0.15, -0.1) is 0 Å². The standard InChI is InChI=1S/C34H47N5O2/c1-22-21-39(17-14-35-22)33(37-31-20-27-19-30(23(31)2)34(27,3)4)36-28-9-6-25(7-10-28)32(40)38-15-12-24-8-11-29(41-5)18-26(24)13-16-38/h6-11,18,22-23,27,30-31,35H,12-17,19-21H2,1-5H3,(H,36,37)/t22-,23+,27-,30-,31-/m0/s1. The number of hydrogen-bond acceptors (Lipinski definition) is 4. The predicted octanol–water partition coefficient (Wildman–Crippen LogP) is 5.07. The van der Waals surface area contributed by atoms with E-state index in [1.165, 1.54) is 24.0 Å². The fourth-order valence-corrected chi connectivity index (χ4v) is 7.81. The first kappa shape index (κ1) is 28.1. The zero-order valence-corrected chi connectivity index (χ0v) is 25.5. The normalized spacial score (nSPS) is 29.2. The summed E-state index contributed by atoms with van der Waals surface area (Å²) in [5.74, 6) is 4.08. The minimum Gasteiger partial charge on any atom is -0.497 e. The topological polar surface area (TPSA) is 69.2 Å². The Labute approximate surface area is 245 Å². The summed E-state index contributed by atoms with van der Waals surface area (Å²) in [7, 11) is 1.70. The molecule has 2 heterocycles. The molecule has 5 aliphatic rings. The van der Waals surface area contributed by atoms with Crippen molar-refractivity contribution >= 4 is 17.6 Å². The van der Waals surface area contributed by atoms with E-state index in [0.717, 1.165) is 80.4 Å². The molecule has 3 aliphatic carbocycles. The van der Waals surface area contributed by atoms with E-state index in [2.05, 4.69) is 55.4 Å². The largest absolute Gasteiger partial charge is 0.497 e. The Hall–Kier alpha value is -3.06. The van der Waals surface area contributed by atoms with E-state index < -0.39 is 0 Å². The van der Waals surface area contributed by atoms with E-state index in [4.69, 9.17) is 9.73 Å². The van der Waals surface area contributed by atoms with Gasteiger partial charge >= 0.3 is 0 Å². The summed E-state index contributed by atoms with van der Waals surface area (Å²) >= 11 is 0. The van der Waals surface area contributed by atoms with Crippen LogP contribution in [0, 0.1) is 23.2 Å². The van der Waals surface area contributed by atoms with Gasteiger partial charge in [-0.25, -0.2) is 4.99 Å². The molecule has 2 bridgehead atoms. The number of methoxy groups -OCH3 is 1. The van der Waals surface area contributed by atoms with Crippen LogP contribution in [0.3, 0.4) is 0 Å². The monoisotopic (exact) mass is 557 g/mol. The van der Waals surface area contributed by atoms with Crippen molar-refractivity contribution in [2.45, 2.75) is 65.5 Å². The molecule has 2 N–H and O–H groups in total. The molecule has 5 atom stereocenters. The van der Waals surface area contributed by atoms with Crippen LogP contribution >= 0.6 is 0 Å². The third kappa shape index (κ3) is 5.57. The summed E-state index contributed by atoms with van der Waals surface area (Å²) in [6, 6.07) is 15.0. The maximum absolute atomic E-state index is 13.5. The van der Waals surface area contributed by atoms with Crippen molar-refractivity contribution in [2.75, 3.05) is 45.2 Å². The van der Waals surface area contributed by atoms with Crippen LogP contribution in [0.4, 0.5) is 5.69 Å². The summed E-state index contributed by atoms with van der Waals surface area (Å²) in [4.78, 5) is 23.3. The van der Waals surface area contributed by atoms with E-state index >= 15 is 0 Å². The molecule has 1 saturated heterocycles. The fraction of sp³-hybridized carbons (Fsp3) is 0.588. The van der Waals surface area contributed by atoms with Crippen molar-refractivity contribution in [1.29, 1.82) is 0 Å². The van der Waals surface area contributed by atoms with Gasteiger partial charge in [0.15, 0.2) is 5.96 Å². The molecule has 41 heavy (non-hydrogen) atoms. The Morgan fingerprint density at radius 1 is 1.00 bits per heavy atom. The van der Waals surface area contributed by atoms with Gasteiger partial charge in [0.05, 0.1) is 13.2 Å². The summed E-state index contributed by atoms with van der Waals surface area (Å²) in [5, 5.41) is 7.24. The molecule has 2 aromatic rings. The number of piperazine rings is 1. The van der Waals surface area contributed by atoms with Crippen LogP contribution in [-0.4, -0.2) is 73.6 Å².